The second kappa shape index (κ2) is 8.70. The van der Waals surface area contributed by atoms with Crippen LogP contribution in [0.1, 0.15) is 12.0 Å². The Morgan fingerprint density at radius 1 is 1.14 bits per heavy atom. The second-order valence-corrected chi connectivity index (χ2v) is 7.81. The van der Waals surface area contributed by atoms with Crippen LogP contribution in [-0.2, 0) is 21.2 Å². The molecule has 2 N–H and O–H groups in total. The summed E-state index contributed by atoms with van der Waals surface area (Å²) in [4.78, 5) is 10.4. The Bertz CT molecular complexity index is 946. The summed E-state index contributed by atoms with van der Waals surface area (Å²) in [5, 5.41) is 8.76. The maximum Gasteiger partial charge on any atom is 0.422 e. The maximum absolute atomic E-state index is 12.5. The van der Waals surface area contributed by atoms with Gasteiger partial charge >= 0.3 is 12.1 Å². The first-order chi connectivity index (χ1) is 13.0. The minimum absolute atomic E-state index is 0.0982. The number of benzene rings is 2. The summed E-state index contributed by atoms with van der Waals surface area (Å²) in [6.07, 6.45) is -4.47. The fourth-order valence-electron chi connectivity index (χ4n) is 2.16. The van der Waals surface area contributed by atoms with E-state index in [2.05, 4.69) is 9.46 Å². The van der Waals surface area contributed by atoms with Crippen LogP contribution >= 0.6 is 11.6 Å². The van der Waals surface area contributed by atoms with Gasteiger partial charge in [-0.1, -0.05) is 23.7 Å². The lowest BCUT2D eigenvalue weighted by atomic mass is 10.1. The molecule has 2 aromatic rings. The molecule has 0 heterocycles. The van der Waals surface area contributed by atoms with Gasteiger partial charge in [-0.05, 0) is 42.3 Å². The minimum Gasteiger partial charge on any atom is -0.482 e. The molecule has 0 amide bonds. The average molecular weight is 438 g/mol. The van der Waals surface area contributed by atoms with Gasteiger partial charge in [0.1, 0.15) is 5.75 Å². The first-order valence-electron chi connectivity index (χ1n) is 7.79. The Kier molecular flexibility index (Phi) is 6.78. The van der Waals surface area contributed by atoms with Crippen molar-refractivity contribution >= 4 is 33.3 Å². The fourth-order valence-corrected chi connectivity index (χ4v) is 3.39. The SMILES string of the molecule is O=C(O)CCc1ccc(S(=O)(=O)Nc2cc(Cl)ccc2OCC(F)(F)F)cc1. The highest BCUT2D eigenvalue weighted by molar-refractivity contribution is 7.92. The summed E-state index contributed by atoms with van der Waals surface area (Å²) < 4.78 is 69.0. The van der Waals surface area contributed by atoms with Crippen molar-refractivity contribution in [3.8, 4) is 5.75 Å². The number of carboxylic acid groups (broad SMARTS) is 1. The van der Waals surface area contributed by atoms with Gasteiger partial charge in [0, 0.05) is 11.4 Å². The molecule has 0 saturated heterocycles. The second-order valence-electron chi connectivity index (χ2n) is 5.69. The summed E-state index contributed by atoms with van der Waals surface area (Å²) in [5.41, 5.74) is 0.380. The first-order valence-corrected chi connectivity index (χ1v) is 9.65. The van der Waals surface area contributed by atoms with E-state index in [-0.39, 0.29) is 34.2 Å². The third-order valence-corrected chi connectivity index (χ3v) is 5.05. The molecular weight excluding hydrogens is 423 g/mol. The van der Waals surface area contributed by atoms with Gasteiger partial charge in [0.25, 0.3) is 10.0 Å². The van der Waals surface area contributed by atoms with Crippen LogP contribution < -0.4 is 9.46 Å². The van der Waals surface area contributed by atoms with Crippen LogP contribution in [0.25, 0.3) is 0 Å². The molecule has 6 nitrogen and oxygen atoms in total. The lowest BCUT2D eigenvalue weighted by molar-refractivity contribution is -0.153. The van der Waals surface area contributed by atoms with E-state index in [1.54, 1.807) is 0 Å². The van der Waals surface area contributed by atoms with Crippen molar-refractivity contribution < 1.29 is 36.2 Å². The van der Waals surface area contributed by atoms with Gasteiger partial charge in [-0.25, -0.2) is 8.42 Å². The molecule has 0 bridgehead atoms. The molecule has 2 rings (SSSR count). The molecule has 0 fully saturated rings. The third-order valence-electron chi connectivity index (χ3n) is 3.44. The lowest BCUT2D eigenvalue weighted by Gasteiger charge is -2.15. The summed E-state index contributed by atoms with van der Waals surface area (Å²) >= 11 is 5.80. The molecule has 2 aromatic carbocycles. The van der Waals surface area contributed by atoms with Crippen LogP contribution in [0.4, 0.5) is 18.9 Å². The van der Waals surface area contributed by atoms with Crippen molar-refractivity contribution in [3.05, 3.63) is 53.1 Å². The van der Waals surface area contributed by atoms with Gasteiger partial charge in [-0.2, -0.15) is 13.2 Å². The Balaban J connectivity index is 2.21. The van der Waals surface area contributed by atoms with Crippen molar-refractivity contribution in [2.75, 3.05) is 11.3 Å². The van der Waals surface area contributed by atoms with Crippen molar-refractivity contribution in [1.29, 1.82) is 0 Å². The van der Waals surface area contributed by atoms with Crippen molar-refractivity contribution in [1.82, 2.24) is 0 Å². The van der Waals surface area contributed by atoms with E-state index in [1.165, 1.54) is 30.3 Å². The first kappa shape index (κ1) is 21.8. The van der Waals surface area contributed by atoms with Gasteiger partial charge in [0.05, 0.1) is 10.6 Å². The molecule has 0 unspecified atom stereocenters. The monoisotopic (exact) mass is 437 g/mol. The highest BCUT2D eigenvalue weighted by Crippen LogP contribution is 2.31. The number of rotatable bonds is 8. The van der Waals surface area contributed by atoms with Crippen LogP contribution in [0.2, 0.25) is 5.02 Å². The number of alkyl halides is 3. The van der Waals surface area contributed by atoms with Crippen LogP contribution in [0, 0.1) is 0 Å². The predicted molar refractivity (Wildman–Crippen MR) is 96.2 cm³/mol. The van der Waals surface area contributed by atoms with Crippen LogP contribution in [0.5, 0.6) is 5.75 Å². The van der Waals surface area contributed by atoms with E-state index in [9.17, 15) is 26.4 Å². The smallest absolute Gasteiger partial charge is 0.422 e. The molecule has 0 aromatic heterocycles. The van der Waals surface area contributed by atoms with E-state index in [4.69, 9.17) is 16.7 Å². The highest BCUT2D eigenvalue weighted by atomic mass is 35.5. The number of hydrogen-bond acceptors (Lipinski definition) is 4. The number of sulfonamides is 1. The Morgan fingerprint density at radius 3 is 2.36 bits per heavy atom. The van der Waals surface area contributed by atoms with Crippen molar-refractivity contribution in [2.45, 2.75) is 23.9 Å². The zero-order valence-electron chi connectivity index (χ0n) is 14.2. The minimum atomic E-state index is -4.60. The van der Waals surface area contributed by atoms with E-state index in [0.717, 1.165) is 12.1 Å². The number of ether oxygens (including phenoxy) is 1. The molecule has 0 aliphatic carbocycles. The van der Waals surface area contributed by atoms with Crippen LogP contribution in [0.15, 0.2) is 47.4 Å². The Hall–Kier alpha value is -2.46. The Labute approximate surface area is 163 Å². The molecule has 28 heavy (non-hydrogen) atoms. The molecule has 0 aliphatic rings. The molecule has 0 aliphatic heterocycles. The maximum atomic E-state index is 12.5. The van der Waals surface area contributed by atoms with E-state index < -0.39 is 28.8 Å². The molecule has 0 radical (unpaired) electrons. The average Bonchev–Trinajstić information content (AvgIpc) is 2.58. The number of nitrogens with one attached hydrogen (secondary N) is 1. The standard InChI is InChI=1S/C17H15ClF3NO5S/c18-12-4-7-15(27-10-17(19,20)21)14(9-12)22-28(25,26)13-5-1-11(2-6-13)3-8-16(23)24/h1-2,4-7,9,22H,3,8,10H2,(H,23,24). The Morgan fingerprint density at radius 2 is 1.79 bits per heavy atom. The van der Waals surface area contributed by atoms with E-state index in [1.807, 2.05) is 0 Å². The van der Waals surface area contributed by atoms with Crippen LogP contribution in [0.3, 0.4) is 0 Å². The van der Waals surface area contributed by atoms with E-state index in [0.29, 0.717) is 5.56 Å². The number of aliphatic carboxylic acids is 1. The number of anilines is 1. The molecular formula is C17H15ClF3NO5S. The number of aryl methyl sites for hydroxylation is 1. The predicted octanol–water partition coefficient (Wildman–Crippen LogP) is 4.10. The lowest BCUT2D eigenvalue weighted by Crippen LogP contribution is -2.20. The molecule has 0 saturated carbocycles. The quantitative estimate of drug-likeness (QED) is 0.648. The van der Waals surface area contributed by atoms with Gasteiger partial charge in [-0.3, -0.25) is 9.52 Å². The summed E-state index contributed by atoms with van der Waals surface area (Å²) in [6, 6.07) is 8.96. The summed E-state index contributed by atoms with van der Waals surface area (Å²) in [6.45, 7) is -1.60. The molecule has 0 atom stereocenters. The van der Waals surface area contributed by atoms with Gasteiger partial charge in [0.2, 0.25) is 0 Å². The topological polar surface area (TPSA) is 92.7 Å². The molecule has 11 heteroatoms. The zero-order chi connectivity index (χ0) is 20.9. The van der Waals surface area contributed by atoms with Crippen LogP contribution in [-0.4, -0.2) is 32.3 Å². The van der Waals surface area contributed by atoms with Gasteiger partial charge in [-0.15, -0.1) is 0 Å². The number of carbonyl (C=O) groups is 1. The molecule has 152 valence electrons. The van der Waals surface area contributed by atoms with E-state index >= 15 is 0 Å². The van der Waals surface area contributed by atoms with Gasteiger partial charge < -0.3 is 9.84 Å². The highest BCUT2D eigenvalue weighted by Gasteiger charge is 2.29. The van der Waals surface area contributed by atoms with Gasteiger partial charge in [0.15, 0.2) is 6.61 Å². The number of halogens is 4. The third kappa shape index (κ3) is 6.61. The van der Waals surface area contributed by atoms with Crippen molar-refractivity contribution in [2.24, 2.45) is 0 Å². The largest absolute Gasteiger partial charge is 0.482 e. The fraction of sp³-hybridized carbons (Fsp3) is 0.235. The number of hydrogen-bond donors (Lipinski definition) is 2. The van der Waals surface area contributed by atoms with Crippen molar-refractivity contribution in [3.63, 3.8) is 0 Å². The molecule has 0 spiro atoms. The summed E-state index contributed by atoms with van der Waals surface area (Å²) in [7, 11) is -4.14. The summed E-state index contributed by atoms with van der Waals surface area (Å²) in [5.74, 6) is -1.31. The normalized spacial score (nSPS) is 11.9. The number of carboxylic acids is 1. The zero-order valence-corrected chi connectivity index (χ0v) is 15.7.